The van der Waals surface area contributed by atoms with Gasteiger partial charge in [-0.05, 0) is 22.0 Å². The number of alkyl halides is 4. The van der Waals surface area contributed by atoms with Gasteiger partial charge in [-0.25, -0.2) is 9.37 Å². The highest BCUT2D eigenvalue weighted by molar-refractivity contribution is 9.10. The molecular weight excluding hydrogens is 254 g/mol. The highest BCUT2D eigenvalue weighted by Crippen LogP contribution is 2.35. The normalized spacial score (nSPS) is 14.2. The van der Waals surface area contributed by atoms with Crippen molar-refractivity contribution < 1.29 is 17.6 Å². The van der Waals surface area contributed by atoms with Crippen molar-refractivity contribution in [3.8, 4) is 0 Å². The van der Waals surface area contributed by atoms with E-state index in [0.29, 0.717) is 4.60 Å². The zero-order chi connectivity index (χ0) is 10.1. The maximum atomic E-state index is 12.6. The molecule has 0 saturated carbocycles. The molecule has 0 radical (unpaired) electrons. The molecule has 0 spiro atoms. The van der Waals surface area contributed by atoms with E-state index in [1.54, 1.807) is 0 Å². The smallest absolute Gasteiger partial charge is 0.249 e. The zero-order valence-corrected chi connectivity index (χ0v) is 7.73. The summed E-state index contributed by atoms with van der Waals surface area (Å²) in [5.74, 6) is 0. The van der Waals surface area contributed by atoms with Crippen LogP contribution < -0.4 is 0 Å². The van der Waals surface area contributed by atoms with Crippen molar-refractivity contribution in [2.75, 3.05) is 0 Å². The van der Waals surface area contributed by atoms with Gasteiger partial charge in [-0.3, -0.25) is 0 Å². The van der Waals surface area contributed by atoms with Gasteiger partial charge in [0.1, 0.15) is 4.60 Å². The Kier molecular flexibility index (Phi) is 2.90. The van der Waals surface area contributed by atoms with E-state index in [2.05, 4.69) is 20.9 Å². The summed E-state index contributed by atoms with van der Waals surface area (Å²) in [4.78, 5) is 3.49. The Hall–Kier alpha value is -0.650. The first-order valence-corrected chi connectivity index (χ1v) is 4.03. The van der Waals surface area contributed by atoms with Gasteiger partial charge in [-0.1, -0.05) is 6.07 Å². The predicted molar refractivity (Wildman–Crippen MR) is 41.8 cm³/mol. The minimum Gasteiger partial charge on any atom is -0.249 e. The fourth-order valence-electron chi connectivity index (χ4n) is 0.726. The SMILES string of the molecule is FC(c1ccc(Br)nc1)C(F)(F)F. The molecule has 0 fully saturated rings. The molecule has 1 rings (SSSR count). The quantitative estimate of drug-likeness (QED) is 0.555. The van der Waals surface area contributed by atoms with Crippen LogP contribution in [-0.4, -0.2) is 11.2 Å². The van der Waals surface area contributed by atoms with Crippen LogP contribution in [0.25, 0.3) is 0 Å². The van der Waals surface area contributed by atoms with E-state index in [-0.39, 0.29) is 0 Å². The second-order valence-electron chi connectivity index (χ2n) is 2.32. The van der Waals surface area contributed by atoms with Crippen LogP contribution in [0.1, 0.15) is 11.7 Å². The van der Waals surface area contributed by atoms with Crippen molar-refractivity contribution >= 4 is 15.9 Å². The second kappa shape index (κ2) is 3.61. The lowest BCUT2D eigenvalue weighted by Gasteiger charge is -2.11. The van der Waals surface area contributed by atoms with Gasteiger partial charge in [0, 0.05) is 11.8 Å². The van der Waals surface area contributed by atoms with Crippen molar-refractivity contribution in [3.05, 3.63) is 28.5 Å². The van der Waals surface area contributed by atoms with Crippen molar-refractivity contribution in [1.29, 1.82) is 0 Å². The van der Waals surface area contributed by atoms with E-state index >= 15 is 0 Å². The maximum absolute atomic E-state index is 12.6. The van der Waals surface area contributed by atoms with Crippen LogP contribution in [0.3, 0.4) is 0 Å². The first-order chi connectivity index (χ1) is 5.91. The molecule has 1 unspecified atom stereocenters. The molecule has 6 heteroatoms. The molecule has 1 aromatic rings. The average molecular weight is 258 g/mol. The van der Waals surface area contributed by atoms with Crippen molar-refractivity contribution in [2.24, 2.45) is 0 Å². The van der Waals surface area contributed by atoms with Gasteiger partial charge in [0.25, 0.3) is 0 Å². The summed E-state index contributed by atoms with van der Waals surface area (Å²) in [6.45, 7) is 0. The Morgan fingerprint density at radius 3 is 2.31 bits per heavy atom. The fourth-order valence-corrected chi connectivity index (χ4v) is 0.961. The highest BCUT2D eigenvalue weighted by atomic mass is 79.9. The van der Waals surface area contributed by atoms with Crippen LogP contribution in [0.15, 0.2) is 22.9 Å². The molecule has 1 aromatic heterocycles. The molecule has 1 heterocycles. The van der Waals surface area contributed by atoms with Crippen LogP contribution in [0, 0.1) is 0 Å². The topological polar surface area (TPSA) is 12.9 Å². The largest absolute Gasteiger partial charge is 0.423 e. The summed E-state index contributed by atoms with van der Waals surface area (Å²) < 4.78 is 48.4. The van der Waals surface area contributed by atoms with E-state index in [1.165, 1.54) is 6.07 Å². The lowest BCUT2D eigenvalue weighted by Crippen LogP contribution is -2.16. The van der Waals surface area contributed by atoms with Crippen LogP contribution >= 0.6 is 15.9 Å². The third-order valence-corrected chi connectivity index (χ3v) is 1.80. The molecule has 0 aliphatic carbocycles. The molecule has 13 heavy (non-hydrogen) atoms. The van der Waals surface area contributed by atoms with E-state index in [4.69, 9.17) is 0 Å². The molecule has 0 aliphatic heterocycles. The Bertz CT molecular complexity index is 282. The number of hydrogen-bond acceptors (Lipinski definition) is 1. The van der Waals surface area contributed by atoms with E-state index in [1.807, 2.05) is 0 Å². The third kappa shape index (κ3) is 2.65. The summed E-state index contributed by atoms with van der Waals surface area (Å²) in [5, 5.41) is 0. The number of halogens is 5. The van der Waals surface area contributed by atoms with Gasteiger partial charge < -0.3 is 0 Å². The molecule has 0 aliphatic rings. The molecular formula is C7H4BrF4N. The van der Waals surface area contributed by atoms with Gasteiger partial charge >= 0.3 is 6.18 Å². The molecule has 1 nitrogen and oxygen atoms in total. The summed E-state index contributed by atoms with van der Waals surface area (Å²) in [5.41, 5.74) is -0.490. The molecule has 1 atom stereocenters. The van der Waals surface area contributed by atoms with Gasteiger partial charge in [0.15, 0.2) is 0 Å². The molecule has 72 valence electrons. The predicted octanol–water partition coefficient (Wildman–Crippen LogP) is 3.42. The lowest BCUT2D eigenvalue weighted by molar-refractivity contribution is -0.182. The van der Waals surface area contributed by atoms with E-state index in [9.17, 15) is 17.6 Å². The first-order valence-electron chi connectivity index (χ1n) is 3.23. The number of aromatic nitrogens is 1. The van der Waals surface area contributed by atoms with Gasteiger partial charge in [-0.15, -0.1) is 0 Å². The first kappa shape index (κ1) is 10.4. The minimum atomic E-state index is -4.87. The Balaban J connectivity index is 2.90. The maximum Gasteiger partial charge on any atom is 0.423 e. The fraction of sp³-hybridized carbons (Fsp3) is 0.286. The summed E-state index contributed by atoms with van der Waals surface area (Å²) in [6.07, 6.45) is -6.98. The van der Waals surface area contributed by atoms with Crippen molar-refractivity contribution in [2.45, 2.75) is 12.3 Å². The lowest BCUT2D eigenvalue weighted by atomic mass is 10.2. The molecule has 0 saturated heterocycles. The van der Waals surface area contributed by atoms with Crippen LogP contribution in [-0.2, 0) is 0 Å². The van der Waals surface area contributed by atoms with Gasteiger partial charge in [0.2, 0.25) is 6.17 Å². The summed E-state index contributed by atoms with van der Waals surface area (Å²) in [7, 11) is 0. The number of pyridine rings is 1. The summed E-state index contributed by atoms with van der Waals surface area (Å²) in [6, 6.07) is 2.29. The molecule has 0 amide bonds. The Labute approximate surface area is 79.9 Å². The number of nitrogens with zero attached hydrogens (tertiary/aromatic N) is 1. The van der Waals surface area contributed by atoms with E-state index < -0.39 is 17.9 Å². The van der Waals surface area contributed by atoms with Crippen LogP contribution in [0.5, 0.6) is 0 Å². The average Bonchev–Trinajstić information content (AvgIpc) is 2.03. The van der Waals surface area contributed by atoms with Crippen LogP contribution in [0.2, 0.25) is 0 Å². The van der Waals surface area contributed by atoms with Crippen LogP contribution in [0.4, 0.5) is 17.6 Å². The van der Waals surface area contributed by atoms with Crippen molar-refractivity contribution in [3.63, 3.8) is 0 Å². The number of rotatable bonds is 1. The van der Waals surface area contributed by atoms with E-state index in [0.717, 1.165) is 12.3 Å². The Morgan fingerprint density at radius 1 is 1.31 bits per heavy atom. The highest BCUT2D eigenvalue weighted by Gasteiger charge is 2.41. The Morgan fingerprint density at radius 2 is 1.92 bits per heavy atom. The van der Waals surface area contributed by atoms with Gasteiger partial charge in [0.05, 0.1) is 0 Å². The second-order valence-corrected chi connectivity index (χ2v) is 3.13. The zero-order valence-electron chi connectivity index (χ0n) is 6.15. The number of hydrogen-bond donors (Lipinski definition) is 0. The monoisotopic (exact) mass is 257 g/mol. The van der Waals surface area contributed by atoms with Gasteiger partial charge in [-0.2, -0.15) is 13.2 Å². The molecule has 0 bridgehead atoms. The molecule has 0 aromatic carbocycles. The summed E-state index contributed by atoms with van der Waals surface area (Å²) >= 11 is 2.93. The third-order valence-electron chi connectivity index (χ3n) is 1.33. The standard InChI is InChI=1S/C7H4BrF4N/c8-5-2-1-4(3-13-5)6(9)7(10,11)12/h1-3,6H. The minimum absolute atomic E-state index is 0.366. The van der Waals surface area contributed by atoms with Crippen molar-refractivity contribution in [1.82, 2.24) is 4.98 Å². The molecule has 0 N–H and O–H groups in total.